The SMILES string of the molecule is Brc1cc(C(Br)C2C3C4CCC(C4)C32)sc1Br. The van der Waals surface area contributed by atoms with Crippen LogP contribution < -0.4 is 0 Å². The molecule has 5 atom stereocenters. The van der Waals surface area contributed by atoms with Crippen LogP contribution in [0.4, 0.5) is 0 Å². The molecule has 1 aromatic rings. The number of halogens is 3. The first-order chi connectivity index (χ1) is 8.16. The van der Waals surface area contributed by atoms with E-state index in [1.54, 1.807) is 6.42 Å². The summed E-state index contributed by atoms with van der Waals surface area (Å²) in [5.41, 5.74) is 0. The summed E-state index contributed by atoms with van der Waals surface area (Å²) in [5.74, 6) is 5.18. The molecule has 3 saturated carbocycles. The summed E-state index contributed by atoms with van der Waals surface area (Å²) in [6.45, 7) is 0. The fourth-order valence-corrected chi connectivity index (χ4v) is 7.72. The minimum absolute atomic E-state index is 0.591. The van der Waals surface area contributed by atoms with Crippen LogP contribution in [0.1, 0.15) is 29.0 Å². The van der Waals surface area contributed by atoms with Crippen LogP contribution in [0.5, 0.6) is 0 Å². The average Bonchev–Trinajstić information content (AvgIpc) is 2.60. The van der Waals surface area contributed by atoms with Crippen molar-refractivity contribution in [2.24, 2.45) is 29.6 Å². The summed E-state index contributed by atoms with van der Waals surface area (Å²) >= 11 is 13.0. The summed E-state index contributed by atoms with van der Waals surface area (Å²) in [5, 5.41) is 0. The van der Waals surface area contributed by atoms with Crippen molar-refractivity contribution in [3.8, 4) is 0 Å². The molecule has 0 saturated heterocycles. The quantitative estimate of drug-likeness (QED) is 0.494. The van der Waals surface area contributed by atoms with Gasteiger partial charge in [-0.15, -0.1) is 11.3 Å². The Morgan fingerprint density at radius 1 is 1.18 bits per heavy atom. The lowest BCUT2D eigenvalue weighted by atomic mass is 10.00. The zero-order chi connectivity index (χ0) is 11.7. The maximum absolute atomic E-state index is 3.97. The molecule has 5 unspecified atom stereocenters. The van der Waals surface area contributed by atoms with Gasteiger partial charge < -0.3 is 0 Å². The first-order valence-electron chi connectivity index (χ1n) is 6.25. The number of rotatable bonds is 2. The summed E-state index contributed by atoms with van der Waals surface area (Å²) in [7, 11) is 0. The largest absolute Gasteiger partial charge is 0.131 e. The third kappa shape index (κ3) is 1.70. The molecule has 0 spiro atoms. The van der Waals surface area contributed by atoms with Gasteiger partial charge in [0.25, 0.3) is 0 Å². The highest BCUT2D eigenvalue weighted by Crippen LogP contribution is 2.73. The molecule has 3 fully saturated rings. The van der Waals surface area contributed by atoms with E-state index in [2.05, 4.69) is 53.9 Å². The van der Waals surface area contributed by atoms with Crippen LogP contribution in [-0.2, 0) is 0 Å². The van der Waals surface area contributed by atoms with E-state index in [4.69, 9.17) is 0 Å². The Hall–Kier alpha value is 1.14. The second-order valence-electron chi connectivity index (χ2n) is 5.74. The Morgan fingerprint density at radius 2 is 1.82 bits per heavy atom. The van der Waals surface area contributed by atoms with E-state index in [0.717, 1.165) is 29.6 Å². The third-order valence-corrected chi connectivity index (χ3v) is 9.81. The summed E-state index contributed by atoms with van der Waals surface area (Å²) < 4.78 is 2.43. The first kappa shape index (κ1) is 11.9. The van der Waals surface area contributed by atoms with Crippen LogP contribution in [0.15, 0.2) is 14.3 Å². The highest BCUT2D eigenvalue weighted by Gasteiger charge is 2.66. The molecule has 3 aliphatic rings. The second kappa shape index (κ2) is 4.07. The van der Waals surface area contributed by atoms with Crippen molar-refractivity contribution in [1.29, 1.82) is 0 Å². The van der Waals surface area contributed by atoms with Crippen molar-refractivity contribution in [3.63, 3.8) is 0 Å². The Morgan fingerprint density at radius 3 is 2.35 bits per heavy atom. The summed E-state index contributed by atoms with van der Waals surface area (Å²) in [4.78, 5) is 2.08. The number of hydrogen-bond donors (Lipinski definition) is 0. The molecular formula is C13H13Br3S. The first-order valence-corrected chi connectivity index (χ1v) is 9.57. The van der Waals surface area contributed by atoms with E-state index in [0.29, 0.717) is 4.83 Å². The highest BCUT2D eigenvalue weighted by atomic mass is 79.9. The smallest absolute Gasteiger partial charge is 0.0843 e. The van der Waals surface area contributed by atoms with Gasteiger partial charge in [-0.3, -0.25) is 0 Å². The predicted octanol–water partition coefficient (Wildman–Crippen LogP) is 6.00. The maximum atomic E-state index is 3.97. The van der Waals surface area contributed by atoms with Crippen LogP contribution in [0, 0.1) is 29.6 Å². The van der Waals surface area contributed by atoms with Gasteiger partial charge in [0.2, 0.25) is 0 Å². The Kier molecular flexibility index (Phi) is 2.85. The minimum atomic E-state index is 0.591. The fourth-order valence-electron chi connectivity index (χ4n) is 4.47. The zero-order valence-electron chi connectivity index (χ0n) is 9.20. The predicted molar refractivity (Wildman–Crippen MR) is 82.7 cm³/mol. The molecule has 0 aliphatic heterocycles. The summed E-state index contributed by atoms with van der Waals surface area (Å²) in [6.07, 6.45) is 4.57. The molecule has 4 heteroatoms. The maximum Gasteiger partial charge on any atom is 0.0843 e. The average molecular weight is 441 g/mol. The van der Waals surface area contributed by atoms with E-state index in [1.165, 1.54) is 26.0 Å². The molecule has 3 aliphatic carbocycles. The molecule has 4 rings (SSSR count). The molecule has 0 nitrogen and oxygen atoms in total. The van der Waals surface area contributed by atoms with Gasteiger partial charge in [-0.05, 0) is 86.8 Å². The van der Waals surface area contributed by atoms with Crippen molar-refractivity contribution in [2.75, 3.05) is 0 Å². The van der Waals surface area contributed by atoms with Gasteiger partial charge in [0.15, 0.2) is 0 Å². The number of fused-ring (bicyclic) bond motifs is 5. The molecule has 0 radical (unpaired) electrons. The zero-order valence-corrected chi connectivity index (χ0v) is 14.8. The van der Waals surface area contributed by atoms with Gasteiger partial charge in [-0.2, -0.15) is 0 Å². The Bertz CT molecular complexity index is 434. The van der Waals surface area contributed by atoms with Crippen molar-refractivity contribution >= 4 is 59.1 Å². The van der Waals surface area contributed by atoms with Crippen molar-refractivity contribution in [2.45, 2.75) is 24.1 Å². The Labute approximate surface area is 131 Å². The molecule has 92 valence electrons. The van der Waals surface area contributed by atoms with Gasteiger partial charge in [0.1, 0.15) is 0 Å². The van der Waals surface area contributed by atoms with Crippen LogP contribution in [-0.4, -0.2) is 0 Å². The van der Waals surface area contributed by atoms with Gasteiger partial charge in [0.05, 0.1) is 8.61 Å². The third-order valence-electron chi connectivity index (χ3n) is 5.07. The lowest BCUT2D eigenvalue weighted by Gasteiger charge is -2.13. The molecule has 0 amide bonds. The van der Waals surface area contributed by atoms with Crippen molar-refractivity contribution < 1.29 is 0 Å². The second-order valence-corrected chi connectivity index (χ2v) is 9.98. The topological polar surface area (TPSA) is 0 Å². The van der Waals surface area contributed by atoms with E-state index in [9.17, 15) is 0 Å². The lowest BCUT2D eigenvalue weighted by Crippen LogP contribution is -2.02. The van der Waals surface area contributed by atoms with Gasteiger partial charge in [-0.25, -0.2) is 0 Å². The van der Waals surface area contributed by atoms with Crippen LogP contribution in [0.3, 0.4) is 0 Å². The highest BCUT2D eigenvalue weighted by molar-refractivity contribution is 9.13. The van der Waals surface area contributed by atoms with E-state index >= 15 is 0 Å². The minimum Gasteiger partial charge on any atom is -0.131 e. The Balaban J connectivity index is 1.57. The molecule has 2 bridgehead atoms. The van der Waals surface area contributed by atoms with E-state index < -0.39 is 0 Å². The molecule has 1 aromatic heterocycles. The molecule has 17 heavy (non-hydrogen) atoms. The summed E-state index contributed by atoms with van der Waals surface area (Å²) in [6, 6.07) is 2.28. The van der Waals surface area contributed by atoms with Gasteiger partial charge in [-0.1, -0.05) is 15.9 Å². The monoisotopic (exact) mass is 438 g/mol. The molecule has 1 heterocycles. The normalized spacial score (nSPS) is 43.8. The van der Waals surface area contributed by atoms with Crippen LogP contribution in [0.25, 0.3) is 0 Å². The fraction of sp³-hybridized carbons (Fsp3) is 0.692. The van der Waals surface area contributed by atoms with Gasteiger partial charge in [0, 0.05) is 9.35 Å². The van der Waals surface area contributed by atoms with E-state index in [-0.39, 0.29) is 0 Å². The van der Waals surface area contributed by atoms with Gasteiger partial charge >= 0.3 is 0 Å². The van der Waals surface area contributed by atoms with Crippen molar-refractivity contribution in [3.05, 3.63) is 19.2 Å². The number of alkyl halides is 1. The number of thiophene rings is 1. The number of hydrogen-bond acceptors (Lipinski definition) is 1. The standard InChI is InChI=1S/C13H13Br3S/c14-7-4-8(17-13(7)16)12(15)11-9-5-1-2-6(3-5)10(9)11/h4-6,9-12H,1-3H2. The lowest BCUT2D eigenvalue weighted by molar-refractivity contribution is 0.456. The van der Waals surface area contributed by atoms with E-state index in [1.807, 2.05) is 11.3 Å². The van der Waals surface area contributed by atoms with Crippen molar-refractivity contribution in [1.82, 2.24) is 0 Å². The molecular weight excluding hydrogens is 428 g/mol. The van der Waals surface area contributed by atoms with Crippen LogP contribution in [0.2, 0.25) is 0 Å². The molecule has 0 N–H and O–H groups in total. The van der Waals surface area contributed by atoms with Crippen LogP contribution >= 0.6 is 59.1 Å². The molecule has 0 aromatic carbocycles.